The van der Waals surface area contributed by atoms with Crippen molar-refractivity contribution in [3.05, 3.63) is 101 Å². The molecule has 0 saturated carbocycles. The third-order valence-corrected chi connectivity index (χ3v) is 4.95. The highest BCUT2D eigenvalue weighted by atomic mass is 16.5. The summed E-state index contributed by atoms with van der Waals surface area (Å²) in [6.45, 7) is 2.00. The number of carbonyl (C=O) groups excluding carboxylic acids is 1. The molecule has 4 rings (SSSR count). The molecule has 0 bridgehead atoms. The summed E-state index contributed by atoms with van der Waals surface area (Å²) >= 11 is 0. The molecule has 0 fully saturated rings. The zero-order chi connectivity index (χ0) is 18.5. The first-order valence-electron chi connectivity index (χ1n) is 9.42. The van der Waals surface area contributed by atoms with Gasteiger partial charge in [0.1, 0.15) is 5.75 Å². The van der Waals surface area contributed by atoms with E-state index in [4.69, 9.17) is 4.74 Å². The molecule has 0 spiro atoms. The minimum atomic E-state index is 0.0736. The molecule has 1 amide bonds. The standard InChI is InChI=1S/C24H23NO2/c26-24(22-11-12-23-21(17-22)14-16-27-23)25(18-20-9-5-2-6-10-20)15-13-19-7-3-1-4-8-19/h1-12,17H,13-16,18H2. The highest BCUT2D eigenvalue weighted by molar-refractivity contribution is 5.94. The molecule has 1 aliphatic rings. The second-order valence-electron chi connectivity index (χ2n) is 6.87. The molecule has 0 unspecified atom stereocenters. The van der Waals surface area contributed by atoms with E-state index in [2.05, 4.69) is 24.3 Å². The van der Waals surface area contributed by atoms with Crippen LogP contribution in [0.2, 0.25) is 0 Å². The van der Waals surface area contributed by atoms with Crippen molar-refractivity contribution < 1.29 is 9.53 Å². The predicted molar refractivity (Wildman–Crippen MR) is 107 cm³/mol. The van der Waals surface area contributed by atoms with E-state index in [9.17, 15) is 4.79 Å². The van der Waals surface area contributed by atoms with Gasteiger partial charge in [0.25, 0.3) is 5.91 Å². The molecule has 0 radical (unpaired) electrons. The molecule has 27 heavy (non-hydrogen) atoms. The fourth-order valence-corrected chi connectivity index (χ4v) is 3.47. The van der Waals surface area contributed by atoms with Crippen LogP contribution in [0.25, 0.3) is 0 Å². The molecule has 136 valence electrons. The van der Waals surface area contributed by atoms with E-state index in [1.54, 1.807) is 0 Å². The van der Waals surface area contributed by atoms with Gasteiger partial charge in [-0.1, -0.05) is 60.7 Å². The van der Waals surface area contributed by atoms with Crippen molar-refractivity contribution in [2.75, 3.05) is 13.2 Å². The lowest BCUT2D eigenvalue weighted by atomic mass is 10.1. The molecular weight excluding hydrogens is 334 g/mol. The maximum Gasteiger partial charge on any atom is 0.254 e. The van der Waals surface area contributed by atoms with Gasteiger partial charge in [-0.05, 0) is 41.3 Å². The smallest absolute Gasteiger partial charge is 0.254 e. The van der Waals surface area contributed by atoms with Gasteiger partial charge in [0.15, 0.2) is 0 Å². The van der Waals surface area contributed by atoms with Gasteiger partial charge in [-0.15, -0.1) is 0 Å². The fourth-order valence-electron chi connectivity index (χ4n) is 3.47. The van der Waals surface area contributed by atoms with E-state index >= 15 is 0 Å². The second-order valence-corrected chi connectivity index (χ2v) is 6.87. The van der Waals surface area contributed by atoms with Gasteiger partial charge in [-0.2, -0.15) is 0 Å². The lowest BCUT2D eigenvalue weighted by molar-refractivity contribution is 0.0745. The summed E-state index contributed by atoms with van der Waals surface area (Å²) in [7, 11) is 0. The number of ether oxygens (including phenoxy) is 1. The molecule has 3 heteroatoms. The average Bonchev–Trinajstić information content (AvgIpc) is 3.20. The van der Waals surface area contributed by atoms with Gasteiger partial charge in [0, 0.05) is 25.1 Å². The van der Waals surface area contributed by atoms with Gasteiger partial charge in [-0.25, -0.2) is 0 Å². The van der Waals surface area contributed by atoms with Crippen molar-refractivity contribution in [3.63, 3.8) is 0 Å². The maximum atomic E-state index is 13.3. The van der Waals surface area contributed by atoms with E-state index in [0.717, 1.165) is 35.3 Å². The Morgan fingerprint density at radius 2 is 1.59 bits per heavy atom. The largest absolute Gasteiger partial charge is 0.493 e. The first-order chi connectivity index (χ1) is 13.3. The number of amides is 1. The second kappa shape index (κ2) is 8.09. The molecule has 1 aliphatic heterocycles. The minimum absolute atomic E-state index is 0.0736. The van der Waals surface area contributed by atoms with Crippen molar-refractivity contribution in [1.82, 2.24) is 4.90 Å². The van der Waals surface area contributed by atoms with Gasteiger partial charge in [0.05, 0.1) is 6.61 Å². The molecule has 0 aromatic heterocycles. The molecule has 1 heterocycles. The number of rotatable bonds is 6. The van der Waals surface area contributed by atoms with Crippen LogP contribution in [-0.4, -0.2) is 24.0 Å². The van der Waals surface area contributed by atoms with Gasteiger partial charge in [0.2, 0.25) is 0 Å². The van der Waals surface area contributed by atoms with E-state index in [1.807, 2.05) is 59.5 Å². The summed E-state index contributed by atoms with van der Waals surface area (Å²) in [6, 6.07) is 26.3. The molecule has 3 nitrogen and oxygen atoms in total. The monoisotopic (exact) mass is 357 g/mol. The van der Waals surface area contributed by atoms with E-state index in [0.29, 0.717) is 19.7 Å². The molecule has 0 N–H and O–H groups in total. The molecule has 0 atom stereocenters. The van der Waals surface area contributed by atoms with E-state index in [1.165, 1.54) is 5.56 Å². The molecule has 0 aliphatic carbocycles. The van der Waals surface area contributed by atoms with Crippen molar-refractivity contribution in [2.45, 2.75) is 19.4 Å². The van der Waals surface area contributed by atoms with Crippen LogP contribution in [0.4, 0.5) is 0 Å². The summed E-state index contributed by atoms with van der Waals surface area (Å²) in [4.78, 5) is 15.2. The van der Waals surface area contributed by atoms with Gasteiger partial charge < -0.3 is 9.64 Å². The zero-order valence-electron chi connectivity index (χ0n) is 15.3. The van der Waals surface area contributed by atoms with Crippen LogP contribution in [0.15, 0.2) is 78.9 Å². The third-order valence-electron chi connectivity index (χ3n) is 4.95. The van der Waals surface area contributed by atoms with E-state index in [-0.39, 0.29) is 5.91 Å². The third kappa shape index (κ3) is 4.20. The summed E-state index contributed by atoms with van der Waals surface area (Å²) < 4.78 is 5.57. The summed E-state index contributed by atoms with van der Waals surface area (Å²) in [5, 5.41) is 0. The Labute approximate surface area is 160 Å². The number of benzene rings is 3. The van der Waals surface area contributed by atoms with Crippen LogP contribution >= 0.6 is 0 Å². The molecule has 3 aromatic carbocycles. The Bertz CT molecular complexity index is 906. The van der Waals surface area contributed by atoms with Gasteiger partial charge in [-0.3, -0.25) is 4.79 Å². The average molecular weight is 357 g/mol. The normalized spacial score (nSPS) is 12.3. The summed E-state index contributed by atoms with van der Waals surface area (Å²) in [5.41, 5.74) is 4.25. The van der Waals surface area contributed by atoms with Crippen LogP contribution in [0.1, 0.15) is 27.0 Å². The van der Waals surface area contributed by atoms with Crippen LogP contribution in [0.3, 0.4) is 0 Å². The van der Waals surface area contributed by atoms with Crippen molar-refractivity contribution in [2.24, 2.45) is 0 Å². The van der Waals surface area contributed by atoms with Crippen LogP contribution < -0.4 is 4.74 Å². The first kappa shape index (κ1) is 17.3. The van der Waals surface area contributed by atoms with Crippen molar-refractivity contribution in [3.8, 4) is 5.75 Å². The Hall–Kier alpha value is -3.07. The minimum Gasteiger partial charge on any atom is -0.493 e. The molecule has 0 saturated heterocycles. The zero-order valence-corrected chi connectivity index (χ0v) is 15.3. The highest BCUT2D eigenvalue weighted by Gasteiger charge is 2.19. The van der Waals surface area contributed by atoms with Crippen LogP contribution in [0.5, 0.6) is 5.75 Å². The van der Waals surface area contributed by atoms with Crippen LogP contribution in [-0.2, 0) is 19.4 Å². The number of fused-ring (bicyclic) bond motifs is 1. The Morgan fingerprint density at radius 3 is 2.33 bits per heavy atom. The van der Waals surface area contributed by atoms with Gasteiger partial charge >= 0.3 is 0 Å². The molecular formula is C24H23NO2. The number of hydrogen-bond donors (Lipinski definition) is 0. The summed E-state index contributed by atoms with van der Waals surface area (Å²) in [6.07, 6.45) is 1.71. The Balaban J connectivity index is 1.55. The van der Waals surface area contributed by atoms with Crippen LogP contribution in [0, 0.1) is 0 Å². The number of carbonyl (C=O) groups is 1. The quantitative estimate of drug-likeness (QED) is 0.650. The predicted octanol–water partition coefficient (Wildman–Crippen LogP) is 4.51. The Kier molecular flexibility index (Phi) is 5.20. The molecule has 3 aromatic rings. The van der Waals surface area contributed by atoms with Crippen molar-refractivity contribution >= 4 is 5.91 Å². The fraction of sp³-hybridized carbons (Fsp3) is 0.208. The maximum absolute atomic E-state index is 13.3. The van der Waals surface area contributed by atoms with E-state index < -0.39 is 0 Å². The highest BCUT2D eigenvalue weighted by Crippen LogP contribution is 2.26. The summed E-state index contributed by atoms with van der Waals surface area (Å²) in [5.74, 6) is 0.981. The number of hydrogen-bond acceptors (Lipinski definition) is 2. The SMILES string of the molecule is O=C(c1ccc2c(c1)CCO2)N(CCc1ccccc1)Cc1ccccc1. The first-order valence-corrected chi connectivity index (χ1v) is 9.42. The topological polar surface area (TPSA) is 29.5 Å². The van der Waals surface area contributed by atoms with Crippen molar-refractivity contribution in [1.29, 1.82) is 0 Å². The lowest BCUT2D eigenvalue weighted by Gasteiger charge is -2.23. The number of nitrogens with zero attached hydrogens (tertiary/aromatic N) is 1. The Morgan fingerprint density at radius 1 is 0.889 bits per heavy atom. The lowest BCUT2D eigenvalue weighted by Crippen LogP contribution is -2.32.